The molecule has 0 spiro atoms. The van der Waals surface area contributed by atoms with Gasteiger partial charge in [0, 0.05) is 41.2 Å². The number of nitrogens with two attached hydrogens (primary N) is 1. The summed E-state index contributed by atoms with van der Waals surface area (Å²) in [7, 11) is 0. The van der Waals surface area contributed by atoms with Crippen molar-refractivity contribution in [2.75, 3.05) is 23.7 Å². The van der Waals surface area contributed by atoms with Crippen molar-refractivity contribution in [2.24, 2.45) is 5.73 Å². The van der Waals surface area contributed by atoms with Gasteiger partial charge >= 0.3 is 0 Å². The van der Waals surface area contributed by atoms with Crippen LogP contribution in [0.2, 0.25) is 0 Å². The largest absolute Gasteiger partial charge is 0.356 e. The molecule has 0 amide bonds. The van der Waals surface area contributed by atoms with Crippen molar-refractivity contribution in [1.29, 1.82) is 0 Å². The predicted molar refractivity (Wildman–Crippen MR) is 94.2 cm³/mol. The molecule has 0 radical (unpaired) electrons. The number of hydrogen-bond acceptors (Lipinski definition) is 4. The summed E-state index contributed by atoms with van der Waals surface area (Å²) < 4.78 is 0.368. The highest BCUT2D eigenvalue weighted by atomic mass is 32.2. The molecule has 118 valence electrons. The van der Waals surface area contributed by atoms with E-state index in [0.29, 0.717) is 11.3 Å². The Morgan fingerprint density at radius 2 is 2.00 bits per heavy atom. The van der Waals surface area contributed by atoms with E-state index in [1.807, 2.05) is 0 Å². The third kappa shape index (κ3) is 4.36. The summed E-state index contributed by atoms with van der Waals surface area (Å²) in [4.78, 5) is 7.35. The Morgan fingerprint density at radius 1 is 1.29 bits per heavy atom. The van der Waals surface area contributed by atoms with E-state index in [1.165, 1.54) is 12.0 Å². The molecule has 1 aliphatic rings. The summed E-state index contributed by atoms with van der Waals surface area (Å²) in [5, 5.41) is 0. The molecule has 3 nitrogen and oxygen atoms in total. The molecule has 4 heteroatoms. The molecule has 1 fully saturated rings. The molecule has 0 saturated carbocycles. The van der Waals surface area contributed by atoms with Crippen LogP contribution in [0.5, 0.6) is 0 Å². The average Bonchev–Trinajstić information content (AvgIpc) is 2.58. The van der Waals surface area contributed by atoms with E-state index >= 15 is 0 Å². The summed E-state index contributed by atoms with van der Waals surface area (Å²) in [5.74, 6) is 2.26. The molecule has 1 aliphatic heterocycles. The van der Waals surface area contributed by atoms with Crippen molar-refractivity contribution in [3.8, 4) is 0 Å². The fraction of sp³-hybridized carbons (Fsp3) is 0.706. The van der Waals surface area contributed by atoms with Gasteiger partial charge in [0.15, 0.2) is 0 Å². The van der Waals surface area contributed by atoms with Crippen LogP contribution in [0.25, 0.3) is 0 Å². The summed E-state index contributed by atoms with van der Waals surface area (Å²) >= 11 is 2.07. The average molecular weight is 308 g/mol. The quantitative estimate of drug-likeness (QED) is 0.907. The Hall–Kier alpha value is -0.740. The van der Waals surface area contributed by atoms with Crippen molar-refractivity contribution >= 4 is 17.6 Å². The van der Waals surface area contributed by atoms with E-state index in [4.69, 9.17) is 10.7 Å². The lowest BCUT2D eigenvalue weighted by Crippen LogP contribution is -2.29. The first-order chi connectivity index (χ1) is 9.71. The van der Waals surface area contributed by atoms with Crippen LogP contribution in [0.15, 0.2) is 12.1 Å². The van der Waals surface area contributed by atoms with Gasteiger partial charge in [-0.1, -0.05) is 34.6 Å². The highest BCUT2D eigenvalue weighted by molar-refractivity contribution is 8.00. The third-order valence-electron chi connectivity index (χ3n) is 4.04. The maximum absolute atomic E-state index is 5.88. The third-order valence-corrected chi connectivity index (χ3v) is 5.41. The number of aromatic nitrogens is 1. The monoisotopic (exact) mass is 307 g/mol. The van der Waals surface area contributed by atoms with Crippen LogP contribution in [0.3, 0.4) is 0 Å². The zero-order chi connectivity index (χ0) is 15.7. The lowest BCUT2D eigenvalue weighted by Gasteiger charge is -2.26. The van der Waals surface area contributed by atoms with Gasteiger partial charge < -0.3 is 10.6 Å². The molecule has 1 aromatic rings. The van der Waals surface area contributed by atoms with Crippen LogP contribution in [-0.2, 0) is 12.0 Å². The van der Waals surface area contributed by atoms with Crippen LogP contribution in [0.4, 0.5) is 5.82 Å². The normalized spacial score (nSPS) is 19.4. The molecule has 0 unspecified atom stereocenters. The first kappa shape index (κ1) is 16.6. The number of rotatable bonds is 2. The number of thioether (sulfide) groups is 1. The van der Waals surface area contributed by atoms with Gasteiger partial charge in [-0.3, -0.25) is 0 Å². The standard InChI is InChI=1S/C17H29N3S/c1-16(2,3)14-10-13(12-18)11-15(19-14)20-7-6-17(4,5)21-9-8-20/h10-11H,6-9,12,18H2,1-5H3. The lowest BCUT2D eigenvalue weighted by atomic mass is 9.90. The van der Waals surface area contributed by atoms with Gasteiger partial charge in [0.1, 0.15) is 5.82 Å². The van der Waals surface area contributed by atoms with Crippen molar-refractivity contribution in [3.05, 3.63) is 23.4 Å². The molecule has 0 atom stereocenters. The molecule has 0 aliphatic carbocycles. The number of anilines is 1. The Bertz CT molecular complexity index is 491. The van der Waals surface area contributed by atoms with Gasteiger partial charge in [0.05, 0.1) is 0 Å². The summed E-state index contributed by atoms with van der Waals surface area (Å²) in [6, 6.07) is 4.32. The molecule has 1 saturated heterocycles. The molecule has 2 heterocycles. The maximum atomic E-state index is 5.88. The van der Waals surface area contributed by atoms with Gasteiger partial charge in [0.2, 0.25) is 0 Å². The smallest absolute Gasteiger partial charge is 0.129 e. The lowest BCUT2D eigenvalue weighted by molar-refractivity contribution is 0.565. The zero-order valence-electron chi connectivity index (χ0n) is 14.1. The van der Waals surface area contributed by atoms with E-state index < -0.39 is 0 Å². The second-order valence-electron chi connectivity index (χ2n) is 7.52. The van der Waals surface area contributed by atoms with Crippen LogP contribution < -0.4 is 10.6 Å². The molecule has 2 N–H and O–H groups in total. The minimum atomic E-state index is 0.0554. The Kier molecular flexibility index (Phi) is 4.89. The number of pyridine rings is 1. The van der Waals surface area contributed by atoms with Crippen LogP contribution in [0.1, 0.15) is 52.3 Å². The predicted octanol–water partition coefficient (Wildman–Crippen LogP) is 3.56. The Labute approximate surface area is 133 Å². The SMILES string of the molecule is CC1(C)CCN(c2cc(CN)cc(C(C)(C)C)n2)CCS1. The van der Waals surface area contributed by atoms with Gasteiger partial charge in [-0.05, 0) is 24.1 Å². The molecule has 21 heavy (non-hydrogen) atoms. The fourth-order valence-electron chi connectivity index (χ4n) is 2.48. The van der Waals surface area contributed by atoms with E-state index in [0.717, 1.165) is 30.4 Å². The minimum absolute atomic E-state index is 0.0554. The van der Waals surface area contributed by atoms with Crippen molar-refractivity contribution in [2.45, 2.75) is 57.7 Å². The van der Waals surface area contributed by atoms with Gasteiger partial charge in [-0.15, -0.1) is 0 Å². The zero-order valence-corrected chi connectivity index (χ0v) is 14.9. The van der Waals surface area contributed by atoms with Crippen molar-refractivity contribution < 1.29 is 0 Å². The summed E-state index contributed by atoms with van der Waals surface area (Å²) in [6.07, 6.45) is 1.19. The van der Waals surface area contributed by atoms with E-state index in [2.05, 4.69) is 63.4 Å². The van der Waals surface area contributed by atoms with Gasteiger partial charge in [-0.25, -0.2) is 4.98 Å². The first-order valence-electron chi connectivity index (χ1n) is 7.82. The van der Waals surface area contributed by atoms with Crippen LogP contribution in [0, 0.1) is 0 Å². The highest BCUT2D eigenvalue weighted by Gasteiger charge is 2.25. The van der Waals surface area contributed by atoms with Crippen molar-refractivity contribution in [1.82, 2.24) is 4.98 Å². The Morgan fingerprint density at radius 3 is 2.62 bits per heavy atom. The molecule has 1 aromatic heterocycles. The highest BCUT2D eigenvalue weighted by Crippen LogP contribution is 2.32. The van der Waals surface area contributed by atoms with E-state index in [9.17, 15) is 0 Å². The van der Waals surface area contributed by atoms with Crippen LogP contribution >= 0.6 is 11.8 Å². The summed E-state index contributed by atoms with van der Waals surface area (Å²) in [5.41, 5.74) is 8.26. The van der Waals surface area contributed by atoms with E-state index in [1.54, 1.807) is 0 Å². The second-order valence-corrected chi connectivity index (χ2v) is 9.32. The number of nitrogens with zero attached hydrogens (tertiary/aromatic N) is 2. The first-order valence-corrected chi connectivity index (χ1v) is 8.80. The van der Waals surface area contributed by atoms with Crippen molar-refractivity contribution in [3.63, 3.8) is 0 Å². The van der Waals surface area contributed by atoms with E-state index in [-0.39, 0.29) is 5.41 Å². The minimum Gasteiger partial charge on any atom is -0.356 e. The second kappa shape index (κ2) is 6.17. The molecular weight excluding hydrogens is 278 g/mol. The topological polar surface area (TPSA) is 42.1 Å². The molecule has 2 rings (SSSR count). The number of hydrogen-bond donors (Lipinski definition) is 1. The Balaban J connectivity index is 2.30. The maximum Gasteiger partial charge on any atom is 0.129 e. The molecule has 0 bridgehead atoms. The summed E-state index contributed by atoms with van der Waals surface area (Å²) in [6.45, 7) is 14.0. The fourth-order valence-corrected chi connectivity index (χ4v) is 3.58. The van der Waals surface area contributed by atoms with Gasteiger partial charge in [-0.2, -0.15) is 11.8 Å². The van der Waals surface area contributed by atoms with Gasteiger partial charge in [0.25, 0.3) is 0 Å². The molecule has 0 aromatic carbocycles. The molecular formula is C17H29N3S. The van der Waals surface area contributed by atoms with Crippen LogP contribution in [-0.4, -0.2) is 28.6 Å².